The molecule has 3 aliphatic rings. The molecule has 2 heterocycles. The average Bonchev–Trinajstić information content (AvgIpc) is 3.62. The van der Waals surface area contributed by atoms with Gasteiger partial charge in [0.25, 0.3) is 0 Å². The van der Waals surface area contributed by atoms with Crippen LogP contribution in [-0.4, -0.2) is 40.9 Å². The topological polar surface area (TPSA) is 83.2 Å². The first-order valence-electron chi connectivity index (χ1n) is 10.5. The third kappa shape index (κ3) is 3.80. The Morgan fingerprint density at radius 3 is 2.89 bits per heavy atom. The monoisotopic (exact) mass is 381 g/mol. The molecule has 1 aliphatic heterocycles. The molecule has 28 heavy (non-hydrogen) atoms. The van der Waals surface area contributed by atoms with Crippen molar-refractivity contribution >= 4 is 5.82 Å². The third-order valence-corrected chi connectivity index (χ3v) is 5.87. The van der Waals surface area contributed by atoms with Gasteiger partial charge in [-0.05, 0) is 43.9 Å². The number of nitrogens with one attached hydrogen (secondary N) is 3. The molecule has 0 spiro atoms. The van der Waals surface area contributed by atoms with Gasteiger partial charge >= 0.3 is 0 Å². The highest BCUT2D eigenvalue weighted by atomic mass is 15.4. The highest BCUT2D eigenvalue weighted by molar-refractivity contribution is 5.51. The Morgan fingerprint density at radius 2 is 2.14 bits per heavy atom. The highest BCUT2D eigenvalue weighted by Crippen LogP contribution is 2.41. The molecule has 7 nitrogen and oxygen atoms in total. The van der Waals surface area contributed by atoms with Gasteiger partial charge in [0.05, 0.1) is 18.4 Å². The summed E-state index contributed by atoms with van der Waals surface area (Å²) in [6, 6.07) is 10.0. The number of nitrogens with two attached hydrogens (primary N) is 1. The standard InChI is InChI=1S/C21H31N7/c1-27(10-9-22)13-14-3-2-4-15(11-14)19-25-20(24-16-5-6-16)18-12-23-28(17-7-8-17)21(18)26-19/h2-4,11-12,16-17,19-20,24-26H,5-10,13,22H2,1H3. The Balaban J connectivity index is 1.39. The Bertz CT molecular complexity index is 824. The Labute approximate surface area is 166 Å². The van der Waals surface area contributed by atoms with Gasteiger partial charge in [-0.15, -0.1) is 0 Å². The van der Waals surface area contributed by atoms with E-state index in [9.17, 15) is 0 Å². The van der Waals surface area contributed by atoms with Crippen molar-refractivity contribution in [3.8, 4) is 0 Å². The van der Waals surface area contributed by atoms with Gasteiger partial charge in [-0.1, -0.05) is 24.3 Å². The van der Waals surface area contributed by atoms with Gasteiger partial charge in [0.1, 0.15) is 12.0 Å². The number of fused-ring (bicyclic) bond motifs is 1. The van der Waals surface area contributed by atoms with Crippen molar-refractivity contribution < 1.29 is 0 Å². The van der Waals surface area contributed by atoms with Crippen LogP contribution in [0, 0.1) is 0 Å². The predicted octanol–water partition coefficient (Wildman–Crippen LogP) is 2.07. The molecule has 5 N–H and O–H groups in total. The molecular formula is C21H31N7. The van der Waals surface area contributed by atoms with Crippen molar-refractivity contribution in [1.29, 1.82) is 0 Å². The number of likely N-dealkylation sites (N-methyl/N-ethyl adjacent to an activating group) is 1. The first kappa shape index (κ1) is 18.1. The zero-order valence-electron chi connectivity index (χ0n) is 16.6. The van der Waals surface area contributed by atoms with Crippen LogP contribution in [0.3, 0.4) is 0 Å². The molecule has 2 aliphatic carbocycles. The lowest BCUT2D eigenvalue weighted by Gasteiger charge is -2.34. The van der Waals surface area contributed by atoms with Gasteiger partial charge in [0, 0.05) is 31.2 Å². The van der Waals surface area contributed by atoms with Crippen LogP contribution in [-0.2, 0) is 6.54 Å². The Morgan fingerprint density at radius 1 is 1.29 bits per heavy atom. The van der Waals surface area contributed by atoms with E-state index in [1.165, 1.54) is 48.2 Å². The lowest BCUT2D eigenvalue weighted by molar-refractivity contribution is 0.336. The fraction of sp³-hybridized carbons (Fsp3) is 0.571. The van der Waals surface area contributed by atoms with Crippen LogP contribution in [0.25, 0.3) is 0 Å². The summed E-state index contributed by atoms with van der Waals surface area (Å²) in [5.41, 5.74) is 9.51. The van der Waals surface area contributed by atoms with Gasteiger partial charge in [-0.25, -0.2) is 4.68 Å². The summed E-state index contributed by atoms with van der Waals surface area (Å²) in [7, 11) is 2.12. The smallest absolute Gasteiger partial charge is 0.132 e. The minimum absolute atomic E-state index is 0.0673. The molecule has 5 rings (SSSR count). The minimum Gasteiger partial charge on any atom is -0.351 e. The number of hydrogen-bond donors (Lipinski definition) is 4. The molecule has 2 saturated carbocycles. The van der Waals surface area contributed by atoms with Gasteiger partial charge in [-0.2, -0.15) is 5.10 Å². The maximum Gasteiger partial charge on any atom is 0.132 e. The van der Waals surface area contributed by atoms with Crippen molar-refractivity contribution in [2.24, 2.45) is 5.73 Å². The van der Waals surface area contributed by atoms with Gasteiger partial charge in [0.2, 0.25) is 0 Å². The van der Waals surface area contributed by atoms with Crippen molar-refractivity contribution in [3.63, 3.8) is 0 Å². The van der Waals surface area contributed by atoms with E-state index >= 15 is 0 Å². The van der Waals surface area contributed by atoms with E-state index in [0.717, 1.165) is 13.1 Å². The zero-order chi connectivity index (χ0) is 19.1. The maximum atomic E-state index is 5.69. The van der Waals surface area contributed by atoms with Crippen LogP contribution >= 0.6 is 0 Å². The summed E-state index contributed by atoms with van der Waals surface area (Å²) in [6.07, 6.45) is 7.25. The summed E-state index contributed by atoms with van der Waals surface area (Å²) in [6.45, 7) is 2.50. The highest BCUT2D eigenvalue weighted by Gasteiger charge is 2.36. The normalized spacial score (nSPS) is 24.2. The van der Waals surface area contributed by atoms with Crippen molar-refractivity contribution in [2.45, 2.75) is 56.6 Å². The van der Waals surface area contributed by atoms with Gasteiger partial charge in [-0.3, -0.25) is 10.6 Å². The molecule has 2 unspecified atom stereocenters. The van der Waals surface area contributed by atoms with E-state index in [4.69, 9.17) is 10.8 Å². The molecule has 7 heteroatoms. The first-order chi connectivity index (χ1) is 13.7. The molecule has 2 fully saturated rings. The molecular weight excluding hydrogens is 350 g/mol. The molecule has 0 radical (unpaired) electrons. The average molecular weight is 382 g/mol. The van der Waals surface area contributed by atoms with Crippen LogP contribution in [0.15, 0.2) is 30.5 Å². The van der Waals surface area contributed by atoms with Crippen LogP contribution in [0.4, 0.5) is 5.82 Å². The number of aromatic nitrogens is 2. The van der Waals surface area contributed by atoms with Crippen molar-refractivity contribution in [2.75, 3.05) is 25.5 Å². The second-order valence-electron chi connectivity index (χ2n) is 8.51. The number of rotatable bonds is 8. The Kier molecular flexibility index (Phi) is 4.84. The third-order valence-electron chi connectivity index (χ3n) is 5.87. The fourth-order valence-corrected chi connectivity index (χ4v) is 4.05. The summed E-state index contributed by atoms with van der Waals surface area (Å²) in [4.78, 5) is 2.26. The van der Waals surface area contributed by atoms with Gasteiger partial charge < -0.3 is 16.0 Å². The summed E-state index contributed by atoms with van der Waals surface area (Å²) in [5.74, 6) is 1.18. The van der Waals surface area contributed by atoms with Crippen LogP contribution < -0.4 is 21.7 Å². The SMILES string of the molecule is CN(CCN)Cc1cccc(C2Nc3c(cnn3C3CC3)C(NC3CC3)N2)c1. The lowest BCUT2D eigenvalue weighted by atomic mass is 10.0. The molecule has 0 saturated heterocycles. The van der Waals surface area contributed by atoms with Crippen LogP contribution in [0.1, 0.15) is 60.7 Å². The molecule has 1 aromatic heterocycles. The van der Waals surface area contributed by atoms with E-state index in [1.54, 1.807) is 0 Å². The summed E-state index contributed by atoms with van der Waals surface area (Å²) >= 11 is 0. The molecule has 2 atom stereocenters. The minimum atomic E-state index is 0.0673. The second-order valence-corrected chi connectivity index (χ2v) is 8.51. The van der Waals surface area contributed by atoms with Crippen LogP contribution in [0.2, 0.25) is 0 Å². The van der Waals surface area contributed by atoms with E-state index < -0.39 is 0 Å². The maximum absolute atomic E-state index is 5.69. The van der Waals surface area contributed by atoms with E-state index in [1.807, 2.05) is 6.20 Å². The summed E-state index contributed by atoms with van der Waals surface area (Å²) < 4.78 is 2.20. The molecule has 0 amide bonds. The van der Waals surface area contributed by atoms with Crippen LogP contribution in [0.5, 0.6) is 0 Å². The number of benzene rings is 1. The quantitative estimate of drug-likeness (QED) is 0.560. The largest absolute Gasteiger partial charge is 0.351 e. The first-order valence-corrected chi connectivity index (χ1v) is 10.5. The zero-order valence-corrected chi connectivity index (χ0v) is 16.6. The van der Waals surface area contributed by atoms with E-state index in [-0.39, 0.29) is 12.3 Å². The summed E-state index contributed by atoms with van der Waals surface area (Å²) in [5, 5.41) is 16.0. The van der Waals surface area contributed by atoms with E-state index in [0.29, 0.717) is 18.6 Å². The molecule has 0 bridgehead atoms. The number of hydrogen-bond acceptors (Lipinski definition) is 6. The Hall–Kier alpha value is -1.93. The van der Waals surface area contributed by atoms with E-state index in [2.05, 4.69) is 56.8 Å². The number of nitrogens with zero attached hydrogens (tertiary/aromatic N) is 3. The predicted molar refractivity (Wildman–Crippen MR) is 111 cm³/mol. The van der Waals surface area contributed by atoms with Crippen molar-refractivity contribution in [1.82, 2.24) is 25.3 Å². The lowest BCUT2D eigenvalue weighted by Crippen LogP contribution is -2.44. The number of anilines is 1. The molecule has 150 valence electrons. The second kappa shape index (κ2) is 7.48. The molecule has 1 aromatic carbocycles. The van der Waals surface area contributed by atoms with Gasteiger partial charge in [0.15, 0.2) is 0 Å². The van der Waals surface area contributed by atoms with Crippen molar-refractivity contribution in [3.05, 3.63) is 47.2 Å². The molecule has 2 aromatic rings. The fourth-order valence-electron chi connectivity index (χ4n) is 4.05.